The van der Waals surface area contributed by atoms with Gasteiger partial charge >= 0.3 is 0 Å². The molecule has 0 unspecified atom stereocenters. The number of nitrogens with zero attached hydrogens (tertiary/aromatic N) is 1. The van der Waals surface area contributed by atoms with Crippen molar-refractivity contribution in [1.82, 2.24) is 4.90 Å². The third-order valence-electron chi connectivity index (χ3n) is 2.54. The number of benzene rings is 1. The summed E-state index contributed by atoms with van der Waals surface area (Å²) >= 11 is 3.33. The normalized spacial score (nSPS) is 10.6. The maximum atomic E-state index is 11.8. The Balaban J connectivity index is 2.33. The second-order valence-electron chi connectivity index (χ2n) is 4.24. The molecule has 0 aliphatic carbocycles. The highest BCUT2D eigenvalue weighted by Crippen LogP contribution is 2.12. The van der Waals surface area contributed by atoms with E-state index in [-0.39, 0.29) is 18.2 Å². The van der Waals surface area contributed by atoms with Gasteiger partial charge in [-0.2, -0.15) is 0 Å². The number of hydrogen-bond acceptors (Lipinski definition) is 3. The van der Waals surface area contributed by atoms with Crippen LogP contribution in [-0.2, 0) is 4.79 Å². The first-order valence-electron chi connectivity index (χ1n) is 5.74. The zero-order valence-electron chi connectivity index (χ0n) is 10.4. The van der Waals surface area contributed by atoms with E-state index >= 15 is 0 Å². The van der Waals surface area contributed by atoms with Gasteiger partial charge in [0.1, 0.15) is 0 Å². The minimum atomic E-state index is -0.350. The molecular weight excluding hydrogens is 296 g/mol. The number of likely N-dealkylation sites (N-methyl/N-ethyl adjacent to an activating group) is 1. The molecule has 0 atom stereocenters. The van der Waals surface area contributed by atoms with Gasteiger partial charge in [0.2, 0.25) is 5.91 Å². The van der Waals surface area contributed by atoms with Crippen LogP contribution in [0.15, 0.2) is 28.7 Å². The Hall–Kier alpha value is -1.20. The Labute approximate surface area is 115 Å². The lowest BCUT2D eigenvalue weighted by Crippen LogP contribution is -2.31. The summed E-state index contributed by atoms with van der Waals surface area (Å²) in [4.78, 5) is 24.3. The zero-order chi connectivity index (χ0) is 13.5. The summed E-state index contributed by atoms with van der Waals surface area (Å²) in [5.41, 5.74) is 5.80. The monoisotopic (exact) mass is 312 g/mol. The SMILES string of the molecule is CN(CCCC(=O)c1ccc(Br)cc1)CC(N)=O. The second kappa shape index (κ2) is 7.28. The molecule has 0 bridgehead atoms. The average Bonchev–Trinajstić information content (AvgIpc) is 2.28. The van der Waals surface area contributed by atoms with Gasteiger partial charge in [-0.3, -0.25) is 14.5 Å². The second-order valence-corrected chi connectivity index (χ2v) is 5.15. The van der Waals surface area contributed by atoms with Crippen molar-refractivity contribution in [3.05, 3.63) is 34.3 Å². The Morgan fingerprint density at radius 3 is 2.44 bits per heavy atom. The molecule has 18 heavy (non-hydrogen) atoms. The topological polar surface area (TPSA) is 63.4 Å². The highest BCUT2D eigenvalue weighted by atomic mass is 79.9. The van der Waals surface area contributed by atoms with Crippen molar-refractivity contribution >= 4 is 27.6 Å². The van der Waals surface area contributed by atoms with Crippen LogP contribution in [0.3, 0.4) is 0 Å². The van der Waals surface area contributed by atoms with Crippen LogP contribution in [0.4, 0.5) is 0 Å². The predicted octanol–water partition coefficient (Wildman–Crippen LogP) is 1.83. The quantitative estimate of drug-likeness (QED) is 0.781. The van der Waals surface area contributed by atoms with Gasteiger partial charge in [-0.15, -0.1) is 0 Å². The zero-order valence-corrected chi connectivity index (χ0v) is 11.9. The molecule has 0 radical (unpaired) electrons. The summed E-state index contributed by atoms with van der Waals surface area (Å²) < 4.78 is 0.959. The fourth-order valence-corrected chi connectivity index (χ4v) is 1.90. The molecular formula is C13H17BrN2O2. The van der Waals surface area contributed by atoms with Gasteiger partial charge in [-0.05, 0) is 32.1 Å². The van der Waals surface area contributed by atoms with E-state index in [1.54, 1.807) is 12.1 Å². The summed E-state index contributed by atoms with van der Waals surface area (Å²) in [7, 11) is 1.81. The Kier molecular flexibility index (Phi) is 6.01. The van der Waals surface area contributed by atoms with E-state index in [9.17, 15) is 9.59 Å². The van der Waals surface area contributed by atoms with E-state index in [0.717, 1.165) is 16.5 Å². The third kappa shape index (κ3) is 5.42. The number of Topliss-reactive ketones (excluding diaryl/α,β-unsaturated/α-hetero) is 1. The molecule has 4 nitrogen and oxygen atoms in total. The maximum absolute atomic E-state index is 11.8. The van der Waals surface area contributed by atoms with Crippen LogP contribution in [0.2, 0.25) is 0 Å². The molecule has 0 aliphatic rings. The molecule has 0 saturated carbocycles. The lowest BCUT2D eigenvalue weighted by Gasteiger charge is -2.13. The number of amides is 1. The molecule has 5 heteroatoms. The van der Waals surface area contributed by atoms with Gasteiger partial charge in [0.05, 0.1) is 6.54 Å². The fraction of sp³-hybridized carbons (Fsp3) is 0.385. The molecule has 0 saturated heterocycles. The van der Waals surface area contributed by atoms with Crippen LogP contribution in [0.5, 0.6) is 0 Å². The largest absolute Gasteiger partial charge is 0.369 e. The number of primary amides is 1. The standard InChI is InChI=1S/C13H17BrN2O2/c1-16(9-13(15)18)8-2-3-12(17)10-4-6-11(14)7-5-10/h4-7H,2-3,8-9H2,1H3,(H2,15,18). The highest BCUT2D eigenvalue weighted by molar-refractivity contribution is 9.10. The number of hydrogen-bond donors (Lipinski definition) is 1. The van der Waals surface area contributed by atoms with Crippen molar-refractivity contribution in [2.24, 2.45) is 5.73 Å². The van der Waals surface area contributed by atoms with E-state index < -0.39 is 0 Å². The summed E-state index contributed by atoms with van der Waals surface area (Å²) in [5.74, 6) is -0.230. The Bertz CT molecular complexity index is 418. The van der Waals surface area contributed by atoms with Crippen LogP contribution >= 0.6 is 15.9 Å². The Morgan fingerprint density at radius 2 is 1.89 bits per heavy atom. The van der Waals surface area contributed by atoms with Gasteiger partial charge < -0.3 is 5.73 Å². The van der Waals surface area contributed by atoms with Gasteiger partial charge in [0.15, 0.2) is 5.78 Å². The molecule has 2 N–H and O–H groups in total. The van der Waals surface area contributed by atoms with E-state index in [1.807, 2.05) is 24.1 Å². The molecule has 0 spiro atoms. The van der Waals surface area contributed by atoms with Crippen LogP contribution in [0, 0.1) is 0 Å². The molecule has 1 amide bonds. The molecule has 0 fully saturated rings. The number of halogens is 1. The first-order valence-corrected chi connectivity index (χ1v) is 6.54. The summed E-state index contributed by atoms with van der Waals surface area (Å²) in [6, 6.07) is 7.32. The van der Waals surface area contributed by atoms with E-state index in [2.05, 4.69) is 15.9 Å². The number of rotatable bonds is 7. The van der Waals surface area contributed by atoms with E-state index in [0.29, 0.717) is 13.0 Å². The first kappa shape index (κ1) is 14.9. The number of carbonyl (C=O) groups excluding carboxylic acids is 2. The van der Waals surface area contributed by atoms with Gasteiger partial charge in [-0.1, -0.05) is 28.1 Å². The number of nitrogens with two attached hydrogens (primary N) is 1. The van der Waals surface area contributed by atoms with Crippen molar-refractivity contribution < 1.29 is 9.59 Å². The number of carbonyl (C=O) groups is 2. The summed E-state index contributed by atoms with van der Waals surface area (Å²) in [6.45, 7) is 0.914. The predicted molar refractivity (Wildman–Crippen MR) is 74.4 cm³/mol. The third-order valence-corrected chi connectivity index (χ3v) is 3.06. The summed E-state index contributed by atoms with van der Waals surface area (Å²) in [6.07, 6.45) is 1.20. The average molecular weight is 313 g/mol. The first-order chi connectivity index (χ1) is 8.49. The lowest BCUT2D eigenvalue weighted by molar-refractivity contribution is -0.118. The number of ketones is 1. The summed E-state index contributed by atoms with van der Waals surface area (Å²) in [5, 5.41) is 0. The molecule has 1 rings (SSSR count). The van der Waals surface area contributed by atoms with Crippen LogP contribution in [-0.4, -0.2) is 36.7 Å². The minimum absolute atomic E-state index is 0.120. The lowest BCUT2D eigenvalue weighted by atomic mass is 10.1. The fourth-order valence-electron chi connectivity index (χ4n) is 1.63. The Morgan fingerprint density at radius 1 is 1.28 bits per heavy atom. The van der Waals surface area contributed by atoms with Crippen LogP contribution < -0.4 is 5.73 Å². The van der Waals surface area contributed by atoms with Gasteiger partial charge in [-0.25, -0.2) is 0 Å². The van der Waals surface area contributed by atoms with Crippen molar-refractivity contribution in [2.75, 3.05) is 20.1 Å². The molecule has 0 aromatic heterocycles. The van der Waals surface area contributed by atoms with E-state index in [1.165, 1.54) is 0 Å². The van der Waals surface area contributed by atoms with Crippen molar-refractivity contribution in [3.8, 4) is 0 Å². The van der Waals surface area contributed by atoms with Crippen LogP contribution in [0.25, 0.3) is 0 Å². The highest BCUT2D eigenvalue weighted by Gasteiger charge is 2.07. The molecule has 1 aromatic carbocycles. The molecule has 1 aromatic rings. The van der Waals surface area contributed by atoms with E-state index in [4.69, 9.17) is 5.73 Å². The molecule has 98 valence electrons. The molecule has 0 aliphatic heterocycles. The van der Waals surface area contributed by atoms with Crippen molar-refractivity contribution in [3.63, 3.8) is 0 Å². The van der Waals surface area contributed by atoms with Gasteiger partial charge in [0.25, 0.3) is 0 Å². The molecule has 0 heterocycles. The minimum Gasteiger partial charge on any atom is -0.369 e. The van der Waals surface area contributed by atoms with Crippen molar-refractivity contribution in [2.45, 2.75) is 12.8 Å². The van der Waals surface area contributed by atoms with Gasteiger partial charge in [0, 0.05) is 16.5 Å². The maximum Gasteiger partial charge on any atom is 0.231 e. The smallest absolute Gasteiger partial charge is 0.231 e. The van der Waals surface area contributed by atoms with Crippen molar-refractivity contribution in [1.29, 1.82) is 0 Å². The van der Waals surface area contributed by atoms with Crippen LogP contribution in [0.1, 0.15) is 23.2 Å².